The molecule has 0 amide bonds. The molecule has 1 rings (SSSR count). The summed E-state index contributed by atoms with van der Waals surface area (Å²) in [5.74, 6) is 0.915. The van der Waals surface area contributed by atoms with E-state index in [9.17, 15) is 0 Å². The van der Waals surface area contributed by atoms with Crippen molar-refractivity contribution >= 4 is 28.2 Å². The van der Waals surface area contributed by atoms with Gasteiger partial charge < -0.3 is 11.5 Å². The third-order valence-corrected chi connectivity index (χ3v) is 3.54. The molecular weight excluding hydrogens is 190 g/mol. The number of thiazole rings is 1. The highest BCUT2D eigenvalue weighted by Gasteiger charge is 2.05. The third-order valence-electron chi connectivity index (χ3n) is 1.39. The minimum Gasteiger partial charge on any atom is -0.375 e. The minimum atomic E-state index is 0.174. The number of aryl methyl sites for hydroxylation is 1. The van der Waals surface area contributed by atoms with E-state index >= 15 is 0 Å². The first-order valence-corrected chi connectivity index (χ1v) is 5.55. The molecule has 1 atom stereocenters. The molecule has 1 aromatic heterocycles. The number of hydrogen-bond acceptors (Lipinski definition) is 5. The van der Waals surface area contributed by atoms with Crippen molar-refractivity contribution in [2.45, 2.75) is 25.0 Å². The first-order chi connectivity index (χ1) is 5.59. The molecule has 4 N–H and O–H groups in total. The lowest BCUT2D eigenvalue weighted by Gasteiger charge is -2.02. The van der Waals surface area contributed by atoms with Crippen molar-refractivity contribution in [3.63, 3.8) is 0 Å². The van der Waals surface area contributed by atoms with Crippen molar-refractivity contribution in [1.82, 2.24) is 4.98 Å². The monoisotopic (exact) mass is 203 g/mol. The van der Waals surface area contributed by atoms with Crippen molar-refractivity contribution < 1.29 is 0 Å². The van der Waals surface area contributed by atoms with E-state index in [1.165, 1.54) is 4.88 Å². The SMILES string of the molecule is Cc1nc(N)sc1CSC(C)N. The smallest absolute Gasteiger partial charge is 0.180 e. The van der Waals surface area contributed by atoms with Crippen LogP contribution in [-0.2, 0) is 5.75 Å². The summed E-state index contributed by atoms with van der Waals surface area (Å²) < 4.78 is 0. The molecule has 0 aliphatic rings. The van der Waals surface area contributed by atoms with Gasteiger partial charge in [-0.2, -0.15) is 0 Å². The molecule has 5 heteroatoms. The van der Waals surface area contributed by atoms with E-state index in [0.29, 0.717) is 5.13 Å². The van der Waals surface area contributed by atoms with Gasteiger partial charge in [-0.25, -0.2) is 4.98 Å². The average Bonchev–Trinajstić information content (AvgIpc) is 2.26. The zero-order valence-corrected chi connectivity index (χ0v) is 8.84. The number of nitrogen functional groups attached to an aromatic ring is 1. The Morgan fingerprint density at radius 1 is 1.67 bits per heavy atom. The third kappa shape index (κ3) is 2.66. The van der Waals surface area contributed by atoms with Crippen LogP contribution in [0.1, 0.15) is 17.5 Å². The maximum absolute atomic E-state index is 5.61. The average molecular weight is 203 g/mol. The maximum atomic E-state index is 5.61. The largest absolute Gasteiger partial charge is 0.375 e. The fourth-order valence-electron chi connectivity index (χ4n) is 0.792. The van der Waals surface area contributed by atoms with Crippen molar-refractivity contribution in [3.8, 4) is 0 Å². The van der Waals surface area contributed by atoms with Crippen LogP contribution in [0.2, 0.25) is 0 Å². The Hall–Kier alpha value is -0.260. The number of hydrogen-bond donors (Lipinski definition) is 2. The molecular formula is C7H13N3S2. The predicted octanol–water partition coefficient (Wildman–Crippen LogP) is 1.57. The van der Waals surface area contributed by atoms with Gasteiger partial charge in [-0.05, 0) is 13.8 Å². The first-order valence-electron chi connectivity index (χ1n) is 3.68. The number of aromatic nitrogens is 1. The standard InChI is InChI=1S/C7H13N3S2/c1-4-6(3-11-5(2)8)12-7(9)10-4/h5H,3,8H2,1-2H3,(H2,9,10). The van der Waals surface area contributed by atoms with Crippen LogP contribution in [0.3, 0.4) is 0 Å². The second kappa shape index (κ2) is 4.11. The molecule has 12 heavy (non-hydrogen) atoms. The molecule has 1 aromatic rings. The number of rotatable bonds is 3. The Morgan fingerprint density at radius 2 is 2.33 bits per heavy atom. The molecule has 1 heterocycles. The molecule has 0 saturated carbocycles. The van der Waals surface area contributed by atoms with E-state index in [1.54, 1.807) is 23.1 Å². The van der Waals surface area contributed by atoms with Crippen LogP contribution < -0.4 is 11.5 Å². The second-order valence-electron chi connectivity index (χ2n) is 2.58. The highest BCUT2D eigenvalue weighted by Crippen LogP contribution is 2.25. The second-order valence-corrected chi connectivity index (χ2v) is 5.06. The highest BCUT2D eigenvalue weighted by molar-refractivity contribution is 7.99. The summed E-state index contributed by atoms with van der Waals surface area (Å²) in [4.78, 5) is 5.36. The quantitative estimate of drug-likeness (QED) is 0.732. The van der Waals surface area contributed by atoms with Gasteiger partial charge in [0, 0.05) is 16.0 Å². The van der Waals surface area contributed by atoms with Crippen LogP contribution in [0.15, 0.2) is 0 Å². The summed E-state index contributed by atoms with van der Waals surface area (Å²) in [7, 11) is 0. The maximum Gasteiger partial charge on any atom is 0.180 e. The Bertz CT molecular complexity index is 257. The molecule has 0 radical (unpaired) electrons. The van der Waals surface area contributed by atoms with E-state index < -0.39 is 0 Å². The van der Waals surface area contributed by atoms with Crippen LogP contribution >= 0.6 is 23.1 Å². The lowest BCUT2D eigenvalue weighted by Crippen LogP contribution is -2.09. The minimum absolute atomic E-state index is 0.174. The number of anilines is 1. The molecule has 0 aliphatic carbocycles. The Morgan fingerprint density at radius 3 is 2.75 bits per heavy atom. The molecule has 0 spiro atoms. The molecule has 0 fully saturated rings. The molecule has 0 aromatic carbocycles. The van der Waals surface area contributed by atoms with Gasteiger partial charge in [-0.15, -0.1) is 23.1 Å². The van der Waals surface area contributed by atoms with E-state index in [1.807, 2.05) is 13.8 Å². The van der Waals surface area contributed by atoms with E-state index in [4.69, 9.17) is 11.5 Å². The predicted molar refractivity (Wildman–Crippen MR) is 56.2 cm³/mol. The van der Waals surface area contributed by atoms with Gasteiger partial charge in [-0.1, -0.05) is 0 Å². The number of nitrogens with two attached hydrogens (primary N) is 2. The van der Waals surface area contributed by atoms with Gasteiger partial charge in [-0.3, -0.25) is 0 Å². The Kier molecular flexibility index (Phi) is 3.37. The molecule has 0 aliphatic heterocycles. The molecule has 0 saturated heterocycles. The van der Waals surface area contributed by atoms with Crippen molar-refractivity contribution in [3.05, 3.63) is 10.6 Å². The molecule has 68 valence electrons. The molecule has 3 nitrogen and oxygen atoms in total. The van der Waals surface area contributed by atoms with Crippen molar-refractivity contribution in [2.24, 2.45) is 5.73 Å². The van der Waals surface area contributed by atoms with Gasteiger partial charge >= 0.3 is 0 Å². The summed E-state index contributed by atoms with van der Waals surface area (Å²) >= 11 is 3.25. The number of thioether (sulfide) groups is 1. The molecule has 1 unspecified atom stereocenters. The van der Waals surface area contributed by atoms with Crippen molar-refractivity contribution in [1.29, 1.82) is 0 Å². The summed E-state index contributed by atoms with van der Waals surface area (Å²) in [5, 5.41) is 0.820. The van der Waals surface area contributed by atoms with Crippen LogP contribution in [0.5, 0.6) is 0 Å². The number of nitrogens with zero attached hydrogens (tertiary/aromatic N) is 1. The lowest BCUT2D eigenvalue weighted by atomic mass is 10.4. The summed E-state index contributed by atoms with van der Waals surface area (Å²) in [6.07, 6.45) is 0. The van der Waals surface area contributed by atoms with E-state index in [-0.39, 0.29) is 5.37 Å². The fraction of sp³-hybridized carbons (Fsp3) is 0.571. The van der Waals surface area contributed by atoms with Gasteiger partial charge in [0.25, 0.3) is 0 Å². The topological polar surface area (TPSA) is 64.9 Å². The lowest BCUT2D eigenvalue weighted by molar-refractivity contribution is 1.04. The van der Waals surface area contributed by atoms with Crippen LogP contribution in [0, 0.1) is 6.92 Å². The Balaban J connectivity index is 2.57. The van der Waals surface area contributed by atoms with Crippen molar-refractivity contribution in [2.75, 3.05) is 5.73 Å². The fourth-order valence-corrected chi connectivity index (χ4v) is 2.48. The first kappa shape index (κ1) is 9.83. The van der Waals surface area contributed by atoms with Gasteiger partial charge in [0.05, 0.1) is 5.69 Å². The summed E-state index contributed by atoms with van der Waals surface area (Å²) in [6, 6.07) is 0. The zero-order valence-electron chi connectivity index (χ0n) is 7.20. The van der Waals surface area contributed by atoms with Crippen LogP contribution in [0.4, 0.5) is 5.13 Å². The summed E-state index contributed by atoms with van der Waals surface area (Å²) in [6.45, 7) is 3.95. The molecule has 0 bridgehead atoms. The van der Waals surface area contributed by atoms with E-state index in [0.717, 1.165) is 11.4 Å². The van der Waals surface area contributed by atoms with Crippen LogP contribution in [0.25, 0.3) is 0 Å². The van der Waals surface area contributed by atoms with Gasteiger partial charge in [0.15, 0.2) is 5.13 Å². The van der Waals surface area contributed by atoms with E-state index in [2.05, 4.69) is 4.98 Å². The van der Waals surface area contributed by atoms with Gasteiger partial charge in [0.2, 0.25) is 0 Å². The summed E-state index contributed by atoms with van der Waals surface area (Å²) in [5.41, 5.74) is 12.2. The normalized spacial score (nSPS) is 13.2. The zero-order chi connectivity index (χ0) is 9.14. The highest BCUT2D eigenvalue weighted by atomic mass is 32.2. The van der Waals surface area contributed by atoms with Gasteiger partial charge in [0.1, 0.15) is 0 Å². The van der Waals surface area contributed by atoms with Crippen LogP contribution in [-0.4, -0.2) is 10.4 Å². The Labute approximate surface area is 80.6 Å².